The number of hydrogen-bond acceptors (Lipinski definition) is 4. The minimum atomic E-state index is 0.182. The predicted octanol–water partition coefficient (Wildman–Crippen LogP) is 2.91. The van der Waals surface area contributed by atoms with Crippen molar-refractivity contribution in [2.24, 2.45) is 10.9 Å². The number of guanidine groups is 1. The van der Waals surface area contributed by atoms with E-state index in [1.165, 1.54) is 12.8 Å². The van der Waals surface area contributed by atoms with Crippen molar-refractivity contribution >= 4 is 5.96 Å². The van der Waals surface area contributed by atoms with Crippen LogP contribution in [0, 0.1) is 5.92 Å². The van der Waals surface area contributed by atoms with Crippen LogP contribution in [0.5, 0.6) is 11.5 Å². The van der Waals surface area contributed by atoms with Crippen molar-refractivity contribution in [1.29, 1.82) is 0 Å². The highest BCUT2D eigenvalue weighted by Crippen LogP contribution is 2.31. The van der Waals surface area contributed by atoms with Crippen LogP contribution in [-0.2, 0) is 0 Å². The summed E-state index contributed by atoms with van der Waals surface area (Å²) in [7, 11) is 9.27. The molecule has 0 spiro atoms. The molecule has 0 heterocycles. The highest BCUT2D eigenvalue weighted by atomic mass is 16.5. The van der Waals surface area contributed by atoms with Gasteiger partial charge in [0.05, 0.1) is 20.3 Å². The van der Waals surface area contributed by atoms with E-state index in [9.17, 15) is 0 Å². The first-order valence-electron chi connectivity index (χ1n) is 9.33. The van der Waals surface area contributed by atoms with Gasteiger partial charge in [0.2, 0.25) is 0 Å². The van der Waals surface area contributed by atoms with Gasteiger partial charge >= 0.3 is 0 Å². The summed E-state index contributed by atoms with van der Waals surface area (Å²) >= 11 is 0. The molecular formula is C20H36N4O2. The average Bonchev–Trinajstić information content (AvgIpc) is 2.66. The van der Waals surface area contributed by atoms with E-state index in [-0.39, 0.29) is 6.04 Å². The maximum absolute atomic E-state index is 5.44. The molecule has 0 aliphatic rings. The minimum Gasteiger partial charge on any atom is -0.493 e. The first-order chi connectivity index (χ1) is 12.5. The number of ether oxygens (including phenoxy) is 2. The van der Waals surface area contributed by atoms with Crippen LogP contribution in [-0.4, -0.2) is 59.3 Å². The van der Waals surface area contributed by atoms with Crippen LogP contribution in [0.3, 0.4) is 0 Å². The predicted molar refractivity (Wildman–Crippen MR) is 109 cm³/mol. The fraction of sp³-hybridized carbons (Fsp3) is 0.650. The third-order valence-electron chi connectivity index (χ3n) is 4.82. The topological polar surface area (TPSA) is 58.1 Å². The van der Waals surface area contributed by atoms with Crippen LogP contribution in [0.25, 0.3) is 0 Å². The van der Waals surface area contributed by atoms with E-state index in [1.54, 1.807) is 14.2 Å². The first kappa shape index (κ1) is 22.1. The van der Waals surface area contributed by atoms with Crippen LogP contribution in [0.15, 0.2) is 23.2 Å². The van der Waals surface area contributed by atoms with Gasteiger partial charge in [-0.15, -0.1) is 0 Å². The number of nitrogens with zero attached hydrogens (tertiary/aromatic N) is 2. The molecule has 2 N–H and O–H groups in total. The second kappa shape index (κ2) is 11.6. The molecule has 6 nitrogen and oxygen atoms in total. The lowest BCUT2D eigenvalue weighted by molar-refractivity contribution is 0.295. The van der Waals surface area contributed by atoms with Gasteiger partial charge in [-0.25, -0.2) is 0 Å². The van der Waals surface area contributed by atoms with E-state index < -0.39 is 0 Å². The summed E-state index contributed by atoms with van der Waals surface area (Å²) in [6.45, 7) is 6.14. The Labute approximate surface area is 159 Å². The summed E-state index contributed by atoms with van der Waals surface area (Å²) in [6, 6.07) is 6.24. The Hall–Kier alpha value is -1.95. The number of hydrogen-bond donors (Lipinski definition) is 2. The molecule has 0 aromatic heterocycles. The van der Waals surface area contributed by atoms with Crippen molar-refractivity contribution < 1.29 is 9.47 Å². The Morgan fingerprint density at radius 3 is 2.15 bits per heavy atom. The molecule has 1 unspecified atom stereocenters. The van der Waals surface area contributed by atoms with Crippen molar-refractivity contribution in [3.63, 3.8) is 0 Å². The maximum atomic E-state index is 5.44. The molecule has 0 aliphatic heterocycles. The molecule has 26 heavy (non-hydrogen) atoms. The largest absolute Gasteiger partial charge is 0.493 e. The smallest absolute Gasteiger partial charge is 0.191 e. The van der Waals surface area contributed by atoms with E-state index in [1.807, 2.05) is 19.2 Å². The first-order valence-corrected chi connectivity index (χ1v) is 9.33. The van der Waals surface area contributed by atoms with Gasteiger partial charge in [-0.2, -0.15) is 0 Å². The highest BCUT2D eigenvalue weighted by Gasteiger charge is 2.17. The number of benzene rings is 1. The summed E-state index contributed by atoms with van der Waals surface area (Å²) in [6.07, 6.45) is 2.35. The molecule has 148 valence electrons. The van der Waals surface area contributed by atoms with Crippen LogP contribution in [0.1, 0.15) is 38.3 Å². The zero-order valence-electron chi connectivity index (χ0n) is 17.4. The molecule has 0 radical (unpaired) electrons. The number of rotatable bonds is 10. The van der Waals surface area contributed by atoms with Gasteiger partial charge in [-0.1, -0.05) is 32.8 Å². The zero-order valence-corrected chi connectivity index (χ0v) is 17.4. The van der Waals surface area contributed by atoms with Gasteiger partial charge in [0.1, 0.15) is 0 Å². The second-order valence-electron chi connectivity index (χ2n) is 6.61. The van der Waals surface area contributed by atoms with Crippen LogP contribution >= 0.6 is 0 Å². The molecule has 1 aromatic carbocycles. The molecule has 1 rings (SSSR count). The van der Waals surface area contributed by atoms with Gasteiger partial charge in [-0.3, -0.25) is 4.99 Å². The van der Waals surface area contributed by atoms with E-state index in [0.717, 1.165) is 36.1 Å². The van der Waals surface area contributed by atoms with Crippen LogP contribution in [0.2, 0.25) is 0 Å². The molecule has 0 fully saturated rings. The Morgan fingerprint density at radius 2 is 1.65 bits per heavy atom. The molecule has 0 amide bonds. The summed E-state index contributed by atoms with van der Waals surface area (Å²) in [5.74, 6) is 2.99. The zero-order chi connectivity index (χ0) is 19.5. The third kappa shape index (κ3) is 6.41. The molecular weight excluding hydrogens is 328 g/mol. The molecule has 0 saturated carbocycles. The Morgan fingerprint density at radius 1 is 1.04 bits per heavy atom. The molecule has 6 heteroatoms. The highest BCUT2D eigenvalue weighted by molar-refractivity contribution is 5.79. The number of methoxy groups -OCH3 is 2. The lowest BCUT2D eigenvalue weighted by Gasteiger charge is -2.27. The fourth-order valence-corrected chi connectivity index (χ4v) is 2.89. The monoisotopic (exact) mass is 364 g/mol. The van der Waals surface area contributed by atoms with Crippen molar-refractivity contribution in [1.82, 2.24) is 15.5 Å². The van der Waals surface area contributed by atoms with E-state index in [2.05, 4.69) is 54.5 Å². The van der Waals surface area contributed by atoms with Crippen LogP contribution < -0.4 is 20.1 Å². The summed E-state index contributed by atoms with van der Waals surface area (Å²) in [5.41, 5.74) is 1.16. The van der Waals surface area contributed by atoms with Gasteiger partial charge in [0, 0.05) is 20.1 Å². The molecule has 1 atom stereocenters. The SMILES string of the molecule is CCC(CC)CNC(=NC)NCC(c1ccc(OC)c(OC)c1)N(C)C. The molecule has 0 saturated heterocycles. The minimum absolute atomic E-state index is 0.182. The average molecular weight is 365 g/mol. The third-order valence-corrected chi connectivity index (χ3v) is 4.82. The van der Waals surface area contributed by atoms with Crippen LogP contribution in [0.4, 0.5) is 0 Å². The van der Waals surface area contributed by atoms with Crippen molar-refractivity contribution in [3.05, 3.63) is 23.8 Å². The van der Waals surface area contributed by atoms with Gasteiger partial charge in [0.25, 0.3) is 0 Å². The molecule has 0 bridgehead atoms. The van der Waals surface area contributed by atoms with Crippen molar-refractivity contribution in [2.45, 2.75) is 32.7 Å². The van der Waals surface area contributed by atoms with Crippen molar-refractivity contribution in [2.75, 3.05) is 48.5 Å². The van der Waals surface area contributed by atoms with E-state index in [0.29, 0.717) is 5.92 Å². The lowest BCUT2D eigenvalue weighted by Crippen LogP contribution is -2.43. The quantitative estimate of drug-likeness (QED) is 0.494. The number of nitrogens with one attached hydrogen (secondary N) is 2. The summed E-state index contributed by atoms with van der Waals surface area (Å²) in [4.78, 5) is 6.53. The Kier molecular flexibility index (Phi) is 9.88. The Balaban J connectivity index is 2.79. The maximum Gasteiger partial charge on any atom is 0.191 e. The van der Waals surface area contributed by atoms with E-state index in [4.69, 9.17) is 9.47 Å². The normalized spacial score (nSPS) is 13.0. The molecule has 0 aliphatic carbocycles. The Bertz CT molecular complexity index is 557. The second-order valence-corrected chi connectivity index (χ2v) is 6.61. The standard InChI is InChI=1S/C20H36N4O2/c1-8-15(9-2)13-22-20(21-3)23-14-17(24(4)5)16-10-11-18(25-6)19(12-16)26-7/h10-12,15,17H,8-9,13-14H2,1-7H3,(H2,21,22,23). The van der Waals surface area contributed by atoms with E-state index >= 15 is 0 Å². The van der Waals surface area contributed by atoms with Crippen molar-refractivity contribution in [3.8, 4) is 11.5 Å². The summed E-state index contributed by atoms with van der Waals surface area (Å²) in [5, 5.41) is 6.88. The van der Waals surface area contributed by atoms with Gasteiger partial charge < -0.3 is 25.0 Å². The number of likely N-dealkylation sites (N-methyl/N-ethyl adjacent to an activating group) is 1. The fourth-order valence-electron chi connectivity index (χ4n) is 2.89. The van der Waals surface area contributed by atoms with Gasteiger partial charge in [0.15, 0.2) is 17.5 Å². The lowest BCUT2D eigenvalue weighted by atomic mass is 10.0. The van der Waals surface area contributed by atoms with Gasteiger partial charge in [-0.05, 0) is 37.7 Å². The number of aliphatic imine (C=N–C) groups is 1. The summed E-state index contributed by atoms with van der Waals surface area (Å²) < 4.78 is 10.8. The molecule has 1 aromatic rings.